The van der Waals surface area contributed by atoms with Gasteiger partial charge in [0.25, 0.3) is 11.8 Å². The topological polar surface area (TPSA) is 91.6 Å². The largest absolute Gasteiger partial charge is 0.455 e. The average molecular weight is 569 g/mol. The molecule has 1 aliphatic rings. The number of fused-ring (bicyclic) bond motifs is 1. The summed E-state index contributed by atoms with van der Waals surface area (Å²) in [6.45, 7) is 1.84. The van der Waals surface area contributed by atoms with Gasteiger partial charge in [0.15, 0.2) is 0 Å². The lowest BCUT2D eigenvalue weighted by Gasteiger charge is -2.43. The van der Waals surface area contributed by atoms with Gasteiger partial charge in [0.05, 0.1) is 11.7 Å². The van der Waals surface area contributed by atoms with E-state index in [1.54, 1.807) is 30.3 Å². The standard InChI is InChI=1S/C31H28F4N2O4/c1-30(15-22(38)16-30)37-28(39)20-5-3-4-18(12-20)23-14-24-25(13-19(23)10-11-31(33,34)35)41-27(26(24)29(40)36-2)17-6-8-21(32)9-7-17/h3-9,12-14,22,38H,10-11,15-16H2,1-2H3,(H,36,40)(H,37,39). The van der Waals surface area contributed by atoms with E-state index in [2.05, 4.69) is 10.6 Å². The predicted molar refractivity (Wildman–Crippen MR) is 146 cm³/mol. The van der Waals surface area contributed by atoms with Crippen LogP contribution in [0.3, 0.4) is 0 Å². The molecule has 0 saturated heterocycles. The Morgan fingerprint density at radius 1 is 1.02 bits per heavy atom. The van der Waals surface area contributed by atoms with Crippen LogP contribution >= 0.6 is 0 Å². The minimum absolute atomic E-state index is 0.155. The molecule has 1 heterocycles. The highest BCUT2D eigenvalue weighted by atomic mass is 19.4. The summed E-state index contributed by atoms with van der Waals surface area (Å²) in [7, 11) is 1.44. The second-order valence-corrected chi connectivity index (χ2v) is 10.7. The van der Waals surface area contributed by atoms with Gasteiger partial charge in [-0.15, -0.1) is 0 Å². The summed E-state index contributed by atoms with van der Waals surface area (Å²) in [5.41, 5.74) is 1.77. The predicted octanol–water partition coefficient (Wildman–Crippen LogP) is 6.40. The third-order valence-corrected chi connectivity index (χ3v) is 7.38. The van der Waals surface area contributed by atoms with Crippen LogP contribution in [0.2, 0.25) is 0 Å². The van der Waals surface area contributed by atoms with Crippen molar-refractivity contribution in [3.05, 3.63) is 83.2 Å². The molecule has 6 nitrogen and oxygen atoms in total. The molecule has 1 saturated carbocycles. The van der Waals surface area contributed by atoms with E-state index in [0.29, 0.717) is 46.0 Å². The number of halogens is 4. The Labute approximate surface area is 233 Å². The van der Waals surface area contributed by atoms with Crippen LogP contribution in [0.5, 0.6) is 0 Å². The SMILES string of the molecule is CNC(=O)c1c(-c2ccc(F)cc2)oc2cc(CCC(F)(F)F)c(-c3cccc(C(=O)NC4(C)CC(O)C4)c3)cc12. The smallest absolute Gasteiger partial charge is 0.389 e. The number of carbonyl (C=O) groups excluding carboxylic acids is 2. The van der Waals surface area contributed by atoms with Crippen LogP contribution in [-0.4, -0.2) is 41.8 Å². The average Bonchev–Trinajstić information content (AvgIpc) is 3.28. The van der Waals surface area contributed by atoms with Crippen molar-refractivity contribution < 1.29 is 36.7 Å². The Kier molecular flexibility index (Phi) is 7.37. The van der Waals surface area contributed by atoms with Gasteiger partial charge < -0.3 is 20.2 Å². The van der Waals surface area contributed by atoms with E-state index in [1.807, 2.05) is 6.92 Å². The molecule has 0 bridgehead atoms. The summed E-state index contributed by atoms with van der Waals surface area (Å²) in [6, 6.07) is 14.9. The summed E-state index contributed by atoms with van der Waals surface area (Å²) < 4.78 is 59.4. The van der Waals surface area contributed by atoms with Crippen molar-refractivity contribution in [2.75, 3.05) is 7.05 Å². The molecule has 0 unspecified atom stereocenters. The van der Waals surface area contributed by atoms with Gasteiger partial charge in [-0.05, 0) is 91.4 Å². The lowest BCUT2D eigenvalue weighted by Crippen LogP contribution is -2.57. The van der Waals surface area contributed by atoms with Crippen molar-refractivity contribution in [1.82, 2.24) is 10.6 Å². The van der Waals surface area contributed by atoms with E-state index < -0.39 is 36.0 Å². The number of aliphatic hydroxyl groups is 1. The van der Waals surface area contributed by atoms with Gasteiger partial charge in [-0.2, -0.15) is 13.2 Å². The summed E-state index contributed by atoms with van der Waals surface area (Å²) >= 11 is 0. The molecule has 214 valence electrons. The maximum absolute atomic E-state index is 13.6. The molecular weight excluding hydrogens is 540 g/mol. The first-order chi connectivity index (χ1) is 19.4. The van der Waals surface area contributed by atoms with Gasteiger partial charge in [0.2, 0.25) is 0 Å². The molecule has 0 atom stereocenters. The highest BCUT2D eigenvalue weighted by Crippen LogP contribution is 2.39. The number of amides is 2. The van der Waals surface area contributed by atoms with Gasteiger partial charge in [-0.25, -0.2) is 4.39 Å². The molecule has 2 amide bonds. The van der Waals surface area contributed by atoms with Crippen LogP contribution in [0.15, 0.2) is 65.1 Å². The van der Waals surface area contributed by atoms with Crippen molar-refractivity contribution >= 4 is 22.8 Å². The summed E-state index contributed by atoms with van der Waals surface area (Å²) in [5.74, 6) is -1.18. The lowest BCUT2D eigenvalue weighted by molar-refractivity contribution is -0.133. The number of furan rings is 1. The molecule has 10 heteroatoms. The van der Waals surface area contributed by atoms with Crippen LogP contribution in [0.25, 0.3) is 33.4 Å². The molecule has 0 radical (unpaired) electrons. The Morgan fingerprint density at radius 2 is 1.73 bits per heavy atom. The third kappa shape index (κ3) is 5.97. The second kappa shape index (κ2) is 10.7. The molecule has 0 spiro atoms. The van der Waals surface area contributed by atoms with Crippen molar-refractivity contribution in [3.8, 4) is 22.5 Å². The van der Waals surface area contributed by atoms with Crippen LogP contribution in [0.4, 0.5) is 17.6 Å². The van der Waals surface area contributed by atoms with Crippen LogP contribution in [0, 0.1) is 5.82 Å². The number of hydrogen-bond donors (Lipinski definition) is 3. The van der Waals surface area contributed by atoms with Gasteiger partial charge in [-0.3, -0.25) is 9.59 Å². The van der Waals surface area contributed by atoms with E-state index >= 15 is 0 Å². The summed E-state index contributed by atoms with van der Waals surface area (Å²) in [5, 5.41) is 15.5. The fraction of sp³-hybridized carbons (Fsp3) is 0.290. The zero-order valence-electron chi connectivity index (χ0n) is 22.4. The zero-order valence-corrected chi connectivity index (χ0v) is 22.4. The van der Waals surface area contributed by atoms with Gasteiger partial charge in [-0.1, -0.05) is 12.1 Å². The van der Waals surface area contributed by atoms with Crippen molar-refractivity contribution in [1.29, 1.82) is 0 Å². The first kappa shape index (κ1) is 28.4. The maximum Gasteiger partial charge on any atom is 0.389 e. The minimum Gasteiger partial charge on any atom is -0.455 e. The van der Waals surface area contributed by atoms with Gasteiger partial charge in [0, 0.05) is 35.5 Å². The molecule has 1 fully saturated rings. The molecule has 0 aliphatic heterocycles. The van der Waals surface area contributed by atoms with E-state index in [9.17, 15) is 32.3 Å². The lowest BCUT2D eigenvalue weighted by atomic mass is 9.76. The van der Waals surface area contributed by atoms with E-state index in [-0.39, 0.29) is 29.2 Å². The second-order valence-electron chi connectivity index (χ2n) is 10.7. The molecular formula is C31H28F4N2O4. The number of carbonyl (C=O) groups is 2. The Morgan fingerprint density at radius 3 is 2.37 bits per heavy atom. The quantitative estimate of drug-likeness (QED) is 0.225. The minimum atomic E-state index is -4.41. The molecule has 1 aliphatic carbocycles. The number of alkyl halides is 3. The molecule has 3 N–H and O–H groups in total. The van der Waals surface area contributed by atoms with Crippen LogP contribution in [0.1, 0.15) is 52.5 Å². The fourth-order valence-corrected chi connectivity index (χ4v) is 5.35. The first-order valence-corrected chi connectivity index (χ1v) is 13.1. The molecule has 3 aromatic carbocycles. The highest BCUT2D eigenvalue weighted by Gasteiger charge is 2.40. The number of nitrogens with one attached hydrogen (secondary N) is 2. The monoisotopic (exact) mass is 568 g/mol. The van der Waals surface area contributed by atoms with Crippen LogP contribution < -0.4 is 10.6 Å². The van der Waals surface area contributed by atoms with Gasteiger partial charge >= 0.3 is 6.18 Å². The Hall–Kier alpha value is -4.18. The Balaban J connectivity index is 1.64. The van der Waals surface area contributed by atoms with E-state index in [0.717, 1.165) is 0 Å². The van der Waals surface area contributed by atoms with Crippen LogP contribution in [-0.2, 0) is 6.42 Å². The maximum atomic E-state index is 13.6. The summed E-state index contributed by atoms with van der Waals surface area (Å²) in [6.07, 6.45) is -5.47. The highest BCUT2D eigenvalue weighted by molar-refractivity contribution is 6.12. The zero-order chi connectivity index (χ0) is 29.5. The number of aliphatic hydroxyl groups excluding tert-OH is 1. The van der Waals surface area contributed by atoms with Crippen molar-refractivity contribution in [2.45, 2.75) is 50.4 Å². The first-order valence-electron chi connectivity index (χ1n) is 13.1. The van der Waals surface area contributed by atoms with Crippen molar-refractivity contribution in [3.63, 3.8) is 0 Å². The number of benzene rings is 3. The number of rotatable bonds is 7. The third-order valence-electron chi connectivity index (χ3n) is 7.38. The molecule has 41 heavy (non-hydrogen) atoms. The van der Waals surface area contributed by atoms with E-state index in [1.165, 1.54) is 37.4 Å². The number of hydrogen-bond acceptors (Lipinski definition) is 4. The fourth-order valence-electron chi connectivity index (χ4n) is 5.35. The molecule has 5 rings (SSSR count). The number of aryl methyl sites for hydroxylation is 1. The normalized spacial score (nSPS) is 18.7. The molecule has 4 aromatic rings. The Bertz CT molecular complexity index is 1620. The van der Waals surface area contributed by atoms with E-state index in [4.69, 9.17) is 4.42 Å². The van der Waals surface area contributed by atoms with Crippen molar-refractivity contribution in [2.24, 2.45) is 0 Å². The summed E-state index contributed by atoms with van der Waals surface area (Å²) in [4.78, 5) is 26.0. The molecule has 1 aromatic heterocycles. The van der Waals surface area contributed by atoms with Gasteiger partial charge in [0.1, 0.15) is 17.2 Å².